The first-order valence-corrected chi connectivity index (χ1v) is 11.3. The molecule has 0 saturated carbocycles. The zero-order valence-corrected chi connectivity index (χ0v) is 19.2. The number of para-hydroxylation sites is 1. The summed E-state index contributed by atoms with van der Waals surface area (Å²) in [6.45, 7) is 0. The van der Waals surface area contributed by atoms with Gasteiger partial charge in [0.15, 0.2) is 5.82 Å². The molecular formula is C25H20F3N7O2. The van der Waals surface area contributed by atoms with Gasteiger partial charge in [-0.1, -0.05) is 18.2 Å². The van der Waals surface area contributed by atoms with Gasteiger partial charge in [0.2, 0.25) is 5.91 Å². The molecule has 1 aliphatic rings. The minimum atomic E-state index is -4.66. The fraction of sp³-hybridized carbons (Fsp3) is 0.160. The minimum Gasteiger partial charge on any atom is -0.306 e. The molecule has 1 atom stereocenters. The first kappa shape index (κ1) is 24.1. The van der Waals surface area contributed by atoms with E-state index in [0.717, 1.165) is 18.2 Å². The maximum atomic E-state index is 13.7. The fourth-order valence-corrected chi connectivity index (χ4v) is 3.97. The molecule has 4 aromatic rings. The standard InChI is InChI=1S/C25H20F3N7O2/c26-25(27,28)18-8-7-15(13-17(18)23-29-11-4-12-30-23)24(37)31-21-14-20(19-9-10-22(36)33-32-19)34-35(21)16-5-2-1-3-6-16/h1-8,11-14,19,32H,9-10H2,(H,31,37)(H,33,36). The van der Waals surface area contributed by atoms with E-state index in [1.807, 2.05) is 18.2 Å². The van der Waals surface area contributed by atoms with E-state index in [-0.39, 0.29) is 28.9 Å². The van der Waals surface area contributed by atoms with Crippen molar-refractivity contribution < 1.29 is 22.8 Å². The van der Waals surface area contributed by atoms with Gasteiger partial charge in [-0.2, -0.15) is 18.3 Å². The molecule has 2 aromatic carbocycles. The minimum absolute atomic E-state index is 0.0131. The second-order valence-electron chi connectivity index (χ2n) is 8.27. The van der Waals surface area contributed by atoms with Crippen molar-refractivity contribution >= 4 is 17.6 Å². The van der Waals surface area contributed by atoms with E-state index in [1.54, 1.807) is 18.2 Å². The Balaban J connectivity index is 1.50. The van der Waals surface area contributed by atoms with Crippen LogP contribution in [-0.2, 0) is 11.0 Å². The Kier molecular flexibility index (Phi) is 6.40. The summed E-state index contributed by atoms with van der Waals surface area (Å²) in [6, 6.07) is 15.0. The molecule has 0 bridgehead atoms. The van der Waals surface area contributed by atoms with E-state index in [4.69, 9.17) is 0 Å². The lowest BCUT2D eigenvalue weighted by Gasteiger charge is -2.21. The number of carbonyl (C=O) groups is 2. The molecular weight excluding hydrogens is 487 g/mol. The third-order valence-corrected chi connectivity index (χ3v) is 5.77. The molecule has 5 rings (SSSR count). The third kappa shape index (κ3) is 5.19. The number of aromatic nitrogens is 4. The highest BCUT2D eigenvalue weighted by Gasteiger charge is 2.35. The number of nitrogens with zero attached hydrogens (tertiary/aromatic N) is 4. The Labute approximate surface area is 208 Å². The van der Waals surface area contributed by atoms with Crippen molar-refractivity contribution in [3.8, 4) is 17.1 Å². The Hall–Kier alpha value is -4.58. The first-order valence-electron chi connectivity index (χ1n) is 11.3. The highest BCUT2D eigenvalue weighted by Crippen LogP contribution is 2.36. The van der Waals surface area contributed by atoms with Gasteiger partial charge in [0.1, 0.15) is 5.82 Å². The van der Waals surface area contributed by atoms with Crippen LogP contribution in [0.3, 0.4) is 0 Å². The van der Waals surface area contributed by atoms with Crippen LogP contribution in [0.1, 0.15) is 40.5 Å². The number of hydrazine groups is 1. The van der Waals surface area contributed by atoms with Crippen LogP contribution in [0, 0.1) is 0 Å². The lowest BCUT2D eigenvalue weighted by atomic mass is 10.0. The SMILES string of the molecule is O=C1CCC(c2cc(NC(=O)c3ccc(C(F)(F)F)c(-c4ncccn4)c3)n(-c3ccccc3)n2)NN1. The molecule has 0 radical (unpaired) electrons. The van der Waals surface area contributed by atoms with Crippen LogP contribution in [0.15, 0.2) is 73.1 Å². The monoisotopic (exact) mass is 507 g/mol. The second-order valence-corrected chi connectivity index (χ2v) is 8.27. The number of carbonyl (C=O) groups excluding carboxylic acids is 2. The Bertz CT molecular complexity index is 1430. The van der Waals surface area contributed by atoms with Gasteiger partial charge in [0.05, 0.1) is 23.0 Å². The zero-order valence-electron chi connectivity index (χ0n) is 19.2. The summed E-state index contributed by atoms with van der Waals surface area (Å²) in [7, 11) is 0. The van der Waals surface area contributed by atoms with Gasteiger partial charge in [-0.3, -0.25) is 15.0 Å². The summed E-state index contributed by atoms with van der Waals surface area (Å²) >= 11 is 0. The van der Waals surface area contributed by atoms with Crippen molar-refractivity contribution in [1.29, 1.82) is 0 Å². The number of hydrogen-bond acceptors (Lipinski definition) is 6. The van der Waals surface area contributed by atoms with Gasteiger partial charge in [-0.05, 0) is 42.8 Å². The number of alkyl halides is 3. The van der Waals surface area contributed by atoms with Gasteiger partial charge >= 0.3 is 6.18 Å². The number of amides is 2. The van der Waals surface area contributed by atoms with Gasteiger partial charge in [-0.15, -0.1) is 0 Å². The highest BCUT2D eigenvalue weighted by molar-refractivity contribution is 6.04. The Morgan fingerprint density at radius 3 is 2.46 bits per heavy atom. The molecule has 37 heavy (non-hydrogen) atoms. The van der Waals surface area contributed by atoms with Crippen LogP contribution in [0.4, 0.5) is 19.0 Å². The van der Waals surface area contributed by atoms with Crippen molar-refractivity contribution in [1.82, 2.24) is 30.6 Å². The Morgan fingerprint density at radius 1 is 1.03 bits per heavy atom. The number of anilines is 1. The maximum Gasteiger partial charge on any atom is 0.417 e. The van der Waals surface area contributed by atoms with E-state index in [9.17, 15) is 22.8 Å². The summed E-state index contributed by atoms with van der Waals surface area (Å²) in [5, 5.41) is 7.36. The smallest absolute Gasteiger partial charge is 0.306 e. The summed E-state index contributed by atoms with van der Waals surface area (Å²) in [5.74, 6) is -0.610. The molecule has 1 saturated heterocycles. The fourth-order valence-electron chi connectivity index (χ4n) is 3.97. The summed E-state index contributed by atoms with van der Waals surface area (Å²) in [6.07, 6.45) is -1.18. The van der Waals surface area contributed by atoms with Crippen LogP contribution in [0.5, 0.6) is 0 Å². The summed E-state index contributed by atoms with van der Waals surface area (Å²) in [5.41, 5.74) is 5.45. The largest absolute Gasteiger partial charge is 0.417 e. The Morgan fingerprint density at radius 2 is 1.78 bits per heavy atom. The van der Waals surface area contributed by atoms with Crippen molar-refractivity contribution in [2.24, 2.45) is 0 Å². The molecule has 0 aliphatic carbocycles. The van der Waals surface area contributed by atoms with Gasteiger partial charge < -0.3 is 5.32 Å². The van der Waals surface area contributed by atoms with Crippen molar-refractivity contribution in [3.63, 3.8) is 0 Å². The molecule has 3 N–H and O–H groups in total. The molecule has 2 amide bonds. The second kappa shape index (κ2) is 9.82. The molecule has 12 heteroatoms. The number of rotatable bonds is 5. The lowest BCUT2D eigenvalue weighted by Crippen LogP contribution is -2.44. The molecule has 3 heterocycles. The van der Waals surface area contributed by atoms with E-state index in [1.165, 1.54) is 23.1 Å². The third-order valence-electron chi connectivity index (χ3n) is 5.77. The van der Waals surface area contributed by atoms with Gasteiger partial charge in [0, 0.05) is 36.0 Å². The van der Waals surface area contributed by atoms with E-state index >= 15 is 0 Å². The summed E-state index contributed by atoms with van der Waals surface area (Å²) < 4.78 is 42.5. The van der Waals surface area contributed by atoms with Gasteiger partial charge in [-0.25, -0.2) is 20.1 Å². The average Bonchev–Trinajstić information content (AvgIpc) is 3.33. The molecule has 1 fully saturated rings. The van der Waals surface area contributed by atoms with Crippen molar-refractivity contribution in [2.75, 3.05) is 5.32 Å². The quantitative estimate of drug-likeness (QED) is 0.376. The zero-order chi connectivity index (χ0) is 26.0. The van der Waals surface area contributed by atoms with Crippen LogP contribution in [0.2, 0.25) is 0 Å². The predicted octanol–water partition coefficient (Wildman–Crippen LogP) is 4.06. The molecule has 0 spiro atoms. The summed E-state index contributed by atoms with van der Waals surface area (Å²) in [4.78, 5) is 32.6. The van der Waals surface area contributed by atoms with Crippen molar-refractivity contribution in [2.45, 2.75) is 25.1 Å². The van der Waals surface area contributed by atoms with Crippen LogP contribution in [0.25, 0.3) is 17.1 Å². The van der Waals surface area contributed by atoms with E-state index in [2.05, 4.69) is 31.2 Å². The van der Waals surface area contributed by atoms with Crippen LogP contribution >= 0.6 is 0 Å². The van der Waals surface area contributed by atoms with Gasteiger partial charge in [0.25, 0.3) is 5.91 Å². The number of hydrogen-bond donors (Lipinski definition) is 3. The van der Waals surface area contributed by atoms with E-state index < -0.39 is 17.6 Å². The number of nitrogens with one attached hydrogen (secondary N) is 3. The first-order chi connectivity index (χ1) is 17.8. The molecule has 1 aliphatic heterocycles. The van der Waals surface area contributed by atoms with E-state index in [0.29, 0.717) is 30.0 Å². The molecule has 9 nitrogen and oxygen atoms in total. The average molecular weight is 507 g/mol. The highest BCUT2D eigenvalue weighted by atomic mass is 19.4. The maximum absolute atomic E-state index is 13.7. The molecule has 188 valence electrons. The lowest BCUT2D eigenvalue weighted by molar-refractivity contribution is -0.137. The van der Waals surface area contributed by atoms with Crippen LogP contribution in [-0.4, -0.2) is 31.6 Å². The normalized spacial score (nSPS) is 15.8. The van der Waals surface area contributed by atoms with Crippen molar-refractivity contribution in [3.05, 3.63) is 89.9 Å². The number of benzene rings is 2. The molecule has 1 unspecified atom stereocenters. The van der Waals surface area contributed by atoms with Crippen LogP contribution < -0.4 is 16.2 Å². The number of halogens is 3. The predicted molar refractivity (Wildman–Crippen MR) is 127 cm³/mol. The topological polar surface area (TPSA) is 114 Å². The molecule has 2 aromatic heterocycles.